The summed E-state index contributed by atoms with van der Waals surface area (Å²) in [5.74, 6) is -2.47. The quantitative estimate of drug-likeness (QED) is 0.548. The molecule has 0 aromatic rings. The standard InChI is InChI=1S/C8H8O4/c9-6-3-1-5(8(11)12)2-4-7(6)10/h1-5,9-10H,(H,11,12). The summed E-state index contributed by atoms with van der Waals surface area (Å²) in [5, 5.41) is 26.5. The second kappa shape index (κ2) is 3.13. The Morgan fingerprint density at radius 2 is 1.58 bits per heavy atom. The van der Waals surface area contributed by atoms with Crippen LogP contribution in [0.2, 0.25) is 0 Å². The van der Waals surface area contributed by atoms with E-state index in [4.69, 9.17) is 15.3 Å². The van der Waals surface area contributed by atoms with Crippen molar-refractivity contribution in [1.82, 2.24) is 0 Å². The van der Waals surface area contributed by atoms with Crippen molar-refractivity contribution in [1.29, 1.82) is 0 Å². The molecular formula is C8H8O4. The fraction of sp³-hybridized carbons (Fsp3) is 0.125. The molecule has 1 aliphatic carbocycles. The molecule has 0 spiro atoms. The molecule has 0 aromatic carbocycles. The van der Waals surface area contributed by atoms with Crippen molar-refractivity contribution in [2.75, 3.05) is 0 Å². The molecular weight excluding hydrogens is 160 g/mol. The van der Waals surface area contributed by atoms with Crippen LogP contribution in [0.4, 0.5) is 0 Å². The van der Waals surface area contributed by atoms with Gasteiger partial charge in [-0.15, -0.1) is 0 Å². The molecule has 64 valence electrons. The van der Waals surface area contributed by atoms with Crippen molar-refractivity contribution in [3.63, 3.8) is 0 Å². The van der Waals surface area contributed by atoms with Crippen LogP contribution in [0, 0.1) is 5.92 Å². The third-order valence-electron chi connectivity index (χ3n) is 1.47. The zero-order chi connectivity index (χ0) is 9.14. The molecule has 0 heterocycles. The highest BCUT2D eigenvalue weighted by atomic mass is 16.4. The lowest BCUT2D eigenvalue weighted by atomic mass is 10.1. The molecule has 4 nitrogen and oxygen atoms in total. The first-order valence-electron chi connectivity index (χ1n) is 3.32. The maximum absolute atomic E-state index is 10.4. The maximum Gasteiger partial charge on any atom is 0.314 e. The van der Waals surface area contributed by atoms with E-state index >= 15 is 0 Å². The molecule has 4 heteroatoms. The fourth-order valence-electron chi connectivity index (χ4n) is 0.789. The van der Waals surface area contributed by atoms with Crippen LogP contribution in [-0.4, -0.2) is 21.3 Å². The highest BCUT2D eigenvalue weighted by molar-refractivity contribution is 5.74. The molecule has 0 aromatic heterocycles. The zero-order valence-electron chi connectivity index (χ0n) is 6.14. The fourth-order valence-corrected chi connectivity index (χ4v) is 0.789. The van der Waals surface area contributed by atoms with Crippen molar-refractivity contribution in [2.24, 2.45) is 5.92 Å². The number of aliphatic hydroxyl groups is 2. The van der Waals surface area contributed by atoms with Gasteiger partial charge in [0.1, 0.15) is 0 Å². The van der Waals surface area contributed by atoms with E-state index < -0.39 is 11.9 Å². The van der Waals surface area contributed by atoms with Crippen molar-refractivity contribution in [2.45, 2.75) is 0 Å². The van der Waals surface area contributed by atoms with Gasteiger partial charge < -0.3 is 15.3 Å². The number of allylic oxidation sites excluding steroid dienone is 2. The number of carboxylic acids is 1. The zero-order valence-corrected chi connectivity index (χ0v) is 6.14. The van der Waals surface area contributed by atoms with Gasteiger partial charge in [0.25, 0.3) is 0 Å². The van der Waals surface area contributed by atoms with E-state index in [9.17, 15) is 4.79 Å². The Morgan fingerprint density at radius 1 is 1.17 bits per heavy atom. The summed E-state index contributed by atoms with van der Waals surface area (Å²) in [6, 6.07) is 0. The van der Waals surface area contributed by atoms with Gasteiger partial charge in [0.2, 0.25) is 0 Å². The highest BCUT2D eigenvalue weighted by Gasteiger charge is 2.12. The van der Waals surface area contributed by atoms with Gasteiger partial charge >= 0.3 is 5.97 Å². The summed E-state index contributed by atoms with van der Waals surface area (Å²) < 4.78 is 0. The predicted octanol–water partition coefficient (Wildman–Crippen LogP) is 1.14. The molecule has 0 unspecified atom stereocenters. The van der Waals surface area contributed by atoms with Gasteiger partial charge in [-0.2, -0.15) is 0 Å². The molecule has 0 saturated heterocycles. The summed E-state index contributed by atoms with van der Waals surface area (Å²) in [4.78, 5) is 10.4. The normalized spacial score (nSPS) is 18.0. The molecule has 0 bridgehead atoms. The van der Waals surface area contributed by atoms with Crippen molar-refractivity contribution in [3.05, 3.63) is 35.8 Å². The third kappa shape index (κ3) is 1.66. The number of carbonyl (C=O) groups is 1. The summed E-state index contributed by atoms with van der Waals surface area (Å²) in [5.41, 5.74) is 0. The van der Waals surface area contributed by atoms with Crippen LogP contribution in [0.3, 0.4) is 0 Å². The molecule has 12 heavy (non-hydrogen) atoms. The monoisotopic (exact) mass is 168 g/mol. The minimum absolute atomic E-state index is 0.324. The van der Waals surface area contributed by atoms with Crippen LogP contribution in [-0.2, 0) is 4.79 Å². The van der Waals surface area contributed by atoms with Crippen molar-refractivity contribution >= 4 is 5.97 Å². The lowest BCUT2D eigenvalue weighted by Gasteiger charge is -1.96. The van der Waals surface area contributed by atoms with Crippen LogP contribution >= 0.6 is 0 Å². The predicted molar refractivity (Wildman–Crippen MR) is 41.7 cm³/mol. The summed E-state index contributed by atoms with van der Waals surface area (Å²) in [6.45, 7) is 0. The Labute approximate surface area is 68.8 Å². The maximum atomic E-state index is 10.4. The Bertz CT molecular complexity index is 263. The topological polar surface area (TPSA) is 77.8 Å². The van der Waals surface area contributed by atoms with Crippen LogP contribution < -0.4 is 0 Å². The van der Waals surface area contributed by atoms with E-state index in [-0.39, 0.29) is 11.5 Å². The van der Waals surface area contributed by atoms with Gasteiger partial charge in [0.15, 0.2) is 11.5 Å². The van der Waals surface area contributed by atoms with E-state index in [0.29, 0.717) is 0 Å². The highest BCUT2D eigenvalue weighted by Crippen LogP contribution is 2.12. The molecule has 0 aliphatic heterocycles. The average Bonchev–Trinajstić information content (AvgIpc) is 2.16. The van der Waals surface area contributed by atoms with E-state index in [1.54, 1.807) is 0 Å². The van der Waals surface area contributed by atoms with Crippen LogP contribution in [0.5, 0.6) is 0 Å². The lowest BCUT2D eigenvalue weighted by Crippen LogP contribution is -2.07. The van der Waals surface area contributed by atoms with Crippen molar-refractivity contribution < 1.29 is 20.1 Å². The third-order valence-corrected chi connectivity index (χ3v) is 1.47. The van der Waals surface area contributed by atoms with Gasteiger partial charge in [-0.1, -0.05) is 12.2 Å². The Hall–Kier alpha value is -1.71. The Balaban J connectivity index is 2.91. The molecule has 0 saturated carbocycles. The minimum Gasteiger partial charge on any atom is -0.504 e. The molecule has 3 N–H and O–H groups in total. The molecule has 0 radical (unpaired) electrons. The largest absolute Gasteiger partial charge is 0.504 e. The molecule has 0 amide bonds. The number of rotatable bonds is 1. The van der Waals surface area contributed by atoms with E-state index in [0.717, 1.165) is 12.2 Å². The van der Waals surface area contributed by atoms with E-state index in [1.165, 1.54) is 12.2 Å². The van der Waals surface area contributed by atoms with E-state index in [2.05, 4.69) is 0 Å². The van der Waals surface area contributed by atoms with E-state index in [1.807, 2.05) is 0 Å². The minimum atomic E-state index is -1.02. The van der Waals surface area contributed by atoms with Crippen LogP contribution in [0.15, 0.2) is 35.8 Å². The van der Waals surface area contributed by atoms with Gasteiger partial charge in [-0.25, -0.2) is 0 Å². The first kappa shape index (κ1) is 8.39. The number of aliphatic carboxylic acids is 1. The van der Waals surface area contributed by atoms with Crippen molar-refractivity contribution in [3.8, 4) is 0 Å². The van der Waals surface area contributed by atoms with Gasteiger partial charge in [-0.3, -0.25) is 4.79 Å². The smallest absolute Gasteiger partial charge is 0.314 e. The number of hydrogen-bond acceptors (Lipinski definition) is 3. The second-order valence-electron chi connectivity index (χ2n) is 2.35. The van der Waals surface area contributed by atoms with Gasteiger partial charge in [0, 0.05) is 0 Å². The number of carboxylic acid groups (broad SMARTS) is 1. The number of hydrogen-bond donors (Lipinski definition) is 3. The molecule has 0 fully saturated rings. The molecule has 1 aliphatic rings. The van der Waals surface area contributed by atoms with Crippen LogP contribution in [0.1, 0.15) is 0 Å². The number of aliphatic hydroxyl groups excluding tert-OH is 2. The average molecular weight is 168 g/mol. The Morgan fingerprint density at radius 3 is 1.92 bits per heavy atom. The van der Waals surface area contributed by atoms with Crippen LogP contribution in [0.25, 0.3) is 0 Å². The molecule has 1 rings (SSSR count). The van der Waals surface area contributed by atoms with Gasteiger partial charge in [-0.05, 0) is 12.2 Å². The Kier molecular flexibility index (Phi) is 2.19. The van der Waals surface area contributed by atoms with Gasteiger partial charge in [0.05, 0.1) is 5.92 Å². The second-order valence-corrected chi connectivity index (χ2v) is 2.35. The lowest BCUT2D eigenvalue weighted by molar-refractivity contribution is -0.138. The first-order valence-corrected chi connectivity index (χ1v) is 3.32. The summed E-state index contributed by atoms with van der Waals surface area (Å²) in [6.07, 6.45) is 4.90. The SMILES string of the molecule is O=C(O)C1C=CC(O)=C(O)C=C1. The summed E-state index contributed by atoms with van der Waals surface area (Å²) in [7, 11) is 0. The first-order chi connectivity index (χ1) is 5.61. The molecule has 0 atom stereocenters. The summed E-state index contributed by atoms with van der Waals surface area (Å²) >= 11 is 0.